The Bertz CT molecular complexity index is 7160. The second-order valence-electron chi connectivity index (χ2n) is 21.4. The number of amides is 2. The van der Waals surface area contributed by atoms with E-state index < -0.39 is 382 Å². The van der Waals surface area contributed by atoms with Gasteiger partial charge in [-0.05, 0) is 132 Å². The van der Waals surface area contributed by atoms with Crippen LogP contribution in [0.25, 0.3) is 44.1 Å². The Labute approximate surface area is 676 Å². The second-order valence-corrected chi connectivity index (χ2v) is 23.1. The highest BCUT2D eigenvalue weighted by atomic mass is 32.2. The van der Waals surface area contributed by atoms with Gasteiger partial charge in [0.25, 0.3) is 0 Å². The van der Waals surface area contributed by atoms with Crippen molar-refractivity contribution in [3.8, 4) is 22.3 Å². The van der Waals surface area contributed by atoms with Crippen molar-refractivity contribution in [3.63, 3.8) is 0 Å². The summed E-state index contributed by atoms with van der Waals surface area (Å²) >= 11 is -0.506. The molecular formula is C81H78F10N6O6S2. The first-order chi connectivity index (χ1) is 68.7. The van der Waals surface area contributed by atoms with E-state index in [1.165, 1.54) is 48.5 Å². The van der Waals surface area contributed by atoms with Gasteiger partial charge < -0.3 is 38.2 Å². The molecule has 105 heavy (non-hydrogen) atoms. The molecule has 0 radical (unpaired) electrons. The van der Waals surface area contributed by atoms with Crippen molar-refractivity contribution in [2.75, 3.05) is 66.3 Å². The number of pyridine rings is 2. The predicted molar refractivity (Wildman–Crippen MR) is 391 cm³/mol. The topological polar surface area (TPSA) is 110 Å². The van der Waals surface area contributed by atoms with E-state index in [1.54, 1.807) is 0 Å². The summed E-state index contributed by atoms with van der Waals surface area (Å²) < 4.78 is 558. The number of nitrogens with zero attached hydrogens (tertiary/aromatic N) is 6. The number of ether oxygens (including phenoxy) is 2. The van der Waals surface area contributed by atoms with Crippen LogP contribution in [0.15, 0.2) is 207 Å². The molecule has 12 nitrogen and oxygen atoms in total. The van der Waals surface area contributed by atoms with E-state index in [-0.39, 0.29) is 43.3 Å². The first-order valence-corrected chi connectivity index (χ1v) is 31.4. The molecule has 24 heteroatoms. The Kier molecular flexibility index (Phi) is 12.3. The zero-order chi connectivity index (χ0) is 116. The van der Waals surface area contributed by atoms with E-state index in [1.807, 2.05) is 0 Å². The molecular weight excluding hydrogens is 1410 g/mol. The molecule has 0 bridgehead atoms. The molecule has 0 aliphatic carbocycles. The quantitative estimate of drug-likeness (QED) is 0.0428. The van der Waals surface area contributed by atoms with Crippen LogP contribution in [0.1, 0.15) is 129 Å². The SMILES string of the molecule is [2H]C([2H])([2H])OCC([2H])([2H])N1C([2H])([2H])C([2H])([2H])C([2H])(N(Cc2ccc(-c3ccc(C(F)(F)F)cc3)cc2)C(=O)Cn2c(SC([2H])([2H])c3cccc(F)c3F)cc(=O)c3ccccc32)C([2H])([2H])C1([2H])[2H].[2H]c1c([2H])c(F)c(F)c(C([2H])([2H])Sc2c([2H])c(=O)c3c([2H])c([2H])c([2H])c([2H])c3n2CC(=O)N(Cc2c([2H])c([2H])c(-c3c([2H])c([2H])c(C(F)(F)F)c([2H])c3[2H])c([2H])c2C)C2([2H])C([2H])([2H])C([2H])([2H])N(C([2H])([2H])COC([2H])([2H])[2H])C([2H])([2H])C2([2H])[2H])c1[2H]. The highest BCUT2D eigenvalue weighted by Gasteiger charge is 2.34. The number of hydrogen-bond acceptors (Lipinski definition) is 10. The van der Waals surface area contributed by atoms with Crippen molar-refractivity contribution < 1.29 is 127 Å². The number of carbonyl (C=O) groups is 2. The number of benzene rings is 8. The highest BCUT2D eigenvalue weighted by molar-refractivity contribution is 7.98. The molecule has 2 aliphatic rings. The first kappa shape index (κ1) is 37.0. The third-order valence-electron chi connectivity index (χ3n) is 14.7. The summed E-state index contributed by atoms with van der Waals surface area (Å²) in [6, 6.07) is -12.8. The minimum absolute atomic E-state index is 0.0885. The van der Waals surface area contributed by atoms with Gasteiger partial charge in [0.1, 0.15) is 13.1 Å². The Hall–Kier alpha value is -9.04. The molecule has 0 unspecified atom stereocenters. The van der Waals surface area contributed by atoms with E-state index in [0.717, 1.165) is 60.0 Å². The van der Waals surface area contributed by atoms with Crippen LogP contribution in [-0.4, -0.2) is 119 Å². The largest absolute Gasteiger partial charge is 0.416 e. The van der Waals surface area contributed by atoms with Crippen LogP contribution in [0.3, 0.4) is 0 Å². The second kappa shape index (κ2) is 34.9. The molecule has 0 atom stereocenters. The lowest BCUT2D eigenvalue weighted by atomic mass is 9.97. The number of alkyl halides is 6. The van der Waals surface area contributed by atoms with Crippen LogP contribution >= 0.6 is 23.5 Å². The van der Waals surface area contributed by atoms with Gasteiger partial charge in [0.2, 0.25) is 11.8 Å². The summed E-state index contributed by atoms with van der Waals surface area (Å²) in [4.78, 5) is 56.7. The number of thioether (sulfide) groups is 2. The van der Waals surface area contributed by atoms with Gasteiger partial charge in [0.05, 0.1) is 77.0 Å². The number of piperidine rings is 2. The summed E-state index contributed by atoms with van der Waals surface area (Å²) in [5.41, 5.74) is -20.0. The molecule has 0 saturated carbocycles. The number of halogens is 10. The van der Waals surface area contributed by atoms with Gasteiger partial charge in [-0.15, -0.1) is 23.5 Å². The fraction of sp³-hybridized carbons (Fsp3) is 0.309. The molecule has 4 heterocycles. The predicted octanol–water partition coefficient (Wildman–Crippen LogP) is 17.1. The van der Waals surface area contributed by atoms with Gasteiger partial charge in [-0.2, -0.15) is 26.3 Å². The molecule has 2 amide bonds. The van der Waals surface area contributed by atoms with Gasteiger partial charge in [-0.3, -0.25) is 19.2 Å². The number of likely N-dealkylation sites (tertiary alicyclic amines) is 2. The average Bonchev–Trinajstić information content (AvgIpc) is 0.660. The van der Waals surface area contributed by atoms with Crippen LogP contribution < -0.4 is 10.9 Å². The maximum absolute atomic E-state index is 15.8. The highest BCUT2D eigenvalue weighted by Crippen LogP contribution is 2.36. The number of rotatable bonds is 24. The summed E-state index contributed by atoms with van der Waals surface area (Å²) in [6.07, 6.45) is -28.1. The molecule has 2 aromatic heterocycles. The van der Waals surface area contributed by atoms with Crippen molar-refractivity contribution in [3.05, 3.63) is 270 Å². The minimum Gasteiger partial charge on any atom is -0.383 e. The Balaban J connectivity index is 0.000000294. The fourth-order valence-electron chi connectivity index (χ4n) is 9.60. The number of fused-ring (bicyclic) bond motifs is 2. The van der Waals surface area contributed by atoms with Crippen molar-refractivity contribution in [1.82, 2.24) is 28.7 Å². The maximum atomic E-state index is 15.8. The van der Waals surface area contributed by atoms with Crippen molar-refractivity contribution >= 4 is 57.1 Å². The van der Waals surface area contributed by atoms with Crippen LogP contribution in [-0.2, 0) is 69.0 Å². The lowest BCUT2D eigenvalue weighted by Gasteiger charge is -2.39. The summed E-state index contributed by atoms with van der Waals surface area (Å²) in [5.74, 6) is -11.3. The molecule has 8 aromatic carbocycles. The number of aromatic nitrogens is 2. The standard InChI is InChI=1S/C41H40F5N3O3S.C40H38F5N3O3S/c1-27-22-29(28-12-14-32(15-13-28)41(44,45)46)10-11-30(27)24-48(33-16-18-47(19-17-33)20-21-52-2)38(51)25-49-36-9-4-3-7-34(36)37(50)23-39(49)53-26-31-6-5-8-35(42)40(31)43;1-51-22-21-46-19-17-32(18-20-46)47(24-27-9-11-28(12-10-27)29-13-15-31(16-14-29)40(43,44)45)37(50)25-48-35-8-3-2-6-33(35)36(49)23-38(48)52-26-30-5-4-7-34(41)39(30)42/h3-15,22-23,33H,16-21,24-26H2,1-2H3;2-16,23,32H,17-22,24-26H2,1H3/i2D3,3D,4D,5D,6D,7D,8D,9D,10D,11D,12D,13D,14D,15D,16D2,17D2,18D2,19D2,20D2,22D,23D,26D2,33D;1D3,17D2,18D2,19D2,20D2,21D2,26D2,32D. The van der Waals surface area contributed by atoms with Gasteiger partial charge in [-0.1, -0.05) is 115 Å². The van der Waals surface area contributed by atoms with Crippen LogP contribution in [0.2, 0.25) is 0 Å². The van der Waals surface area contributed by atoms with E-state index in [2.05, 4.69) is 9.47 Å². The van der Waals surface area contributed by atoms with Crippen LogP contribution in [0.5, 0.6) is 0 Å². The molecule has 0 spiro atoms. The summed E-state index contributed by atoms with van der Waals surface area (Å²) in [7, 11) is -6.92. The zero-order valence-corrected chi connectivity index (χ0v) is 54.8. The zero-order valence-electron chi connectivity index (χ0n) is 100. The van der Waals surface area contributed by atoms with E-state index >= 15 is 22.8 Å². The minimum atomic E-state index is -5.53. The molecule has 2 fully saturated rings. The average molecular weight is 1530 g/mol. The molecule has 2 saturated heterocycles. The molecule has 12 rings (SSSR count). The Morgan fingerprint density at radius 3 is 1.74 bits per heavy atom. The summed E-state index contributed by atoms with van der Waals surface area (Å²) in [6.45, 7) is -34.3. The fourth-order valence-corrected chi connectivity index (χ4v) is 11.2. The summed E-state index contributed by atoms with van der Waals surface area (Å²) in [5, 5.41) is -3.22. The van der Waals surface area contributed by atoms with E-state index in [0.29, 0.717) is 5.56 Å². The van der Waals surface area contributed by atoms with E-state index in [9.17, 15) is 54.0 Å². The van der Waals surface area contributed by atoms with E-state index in [4.69, 9.17) is 50.7 Å². The number of carbonyl (C=O) groups excluding carboxylic acids is 2. The molecule has 10 aromatic rings. The normalized spacial score (nSPS) is 25.9. The van der Waals surface area contributed by atoms with Gasteiger partial charge in [0.15, 0.2) is 34.1 Å². The van der Waals surface area contributed by atoms with Crippen LogP contribution in [0.4, 0.5) is 43.9 Å². The van der Waals surface area contributed by atoms with Gasteiger partial charge in [-0.25, -0.2) is 17.6 Å². The Morgan fingerprint density at radius 1 is 0.552 bits per heavy atom. The Morgan fingerprint density at radius 2 is 1.11 bits per heavy atom. The number of hydrogen-bond donors (Lipinski definition) is 0. The van der Waals surface area contributed by atoms with Crippen molar-refractivity contribution in [2.24, 2.45) is 0 Å². The monoisotopic (exact) mass is 1530 g/mol. The molecule has 0 N–H and O–H groups in total. The molecule has 2 aliphatic heterocycles. The molecule has 550 valence electrons. The first-order valence-electron chi connectivity index (χ1n) is 53.3. The smallest absolute Gasteiger partial charge is 0.383 e. The third-order valence-corrected chi connectivity index (χ3v) is 16.4. The number of para-hydroxylation sites is 2. The van der Waals surface area contributed by atoms with Crippen LogP contribution in [0, 0.1) is 30.2 Å². The van der Waals surface area contributed by atoms with Gasteiger partial charge >= 0.3 is 12.4 Å². The lowest BCUT2D eigenvalue weighted by Crippen LogP contribution is -2.48. The van der Waals surface area contributed by atoms with Crippen molar-refractivity contribution in [2.45, 2.75) is 104 Å². The maximum Gasteiger partial charge on any atom is 0.416 e. The number of methoxy groups -OCH3 is 2. The van der Waals surface area contributed by atoms with Gasteiger partial charge in [0, 0.05) is 156 Å². The van der Waals surface area contributed by atoms with Crippen molar-refractivity contribution in [1.29, 1.82) is 0 Å². The third kappa shape index (κ3) is 19.3. The lowest BCUT2D eigenvalue weighted by molar-refractivity contribution is -0.138.